The normalized spacial score (nSPS) is 16.4. The summed E-state index contributed by atoms with van der Waals surface area (Å²) < 4.78 is 1.46. The summed E-state index contributed by atoms with van der Waals surface area (Å²) in [5, 5.41) is 10.8. The third kappa shape index (κ3) is 4.13. The van der Waals surface area contributed by atoms with Crippen molar-refractivity contribution < 1.29 is 4.79 Å². The van der Waals surface area contributed by atoms with Gasteiger partial charge in [-0.2, -0.15) is 0 Å². The number of nitrogens with zero attached hydrogens (tertiary/aromatic N) is 6. The molecule has 2 aromatic rings. The molecule has 0 radical (unpaired) electrons. The number of hydrogen-bond acceptors (Lipinski definition) is 5. The van der Waals surface area contributed by atoms with Crippen LogP contribution in [0.15, 0.2) is 36.7 Å². The summed E-state index contributed by atoms with van der Waals surface area (Å²) in [7, 11) is 1.88. The van der Waals surface area contributed by atoms with Crippen LogP contribution in [0.5, 0.6) is 0 Å². The molecule has 2 heterocycles. The second-order valence-electron chi connectivity index (χ2n) is 6.00. The molecule has 1 fully saturated rings. The lowest BCUT2D eigenvalue weighted by molar-refractivity contribution is -0.133. The van der Waals surface area contributed by atoms with Crippen LogP contribution in [0.1, 0.15) is 18.4 Å². The number of rotatable bonds is 5. The van der Waals surface area contributed by atoms with Crippen molar-refractivity contribution in [1.29, 1.82) is 0 Å². The smallest absolute Gasteiger partial charge is 0.244 e. The van der Waals surface area contributed by atoms with Crippen LogP contribution in [0.25, 0.3) is 0 Å². The van der Waals surface area contributed by atoms with Gasteiger partial charge in [0.25, 0.3) is 0 Å². The highest BCUT2D eigenvalue weighted by Crippen LogP contribution is 2.17. The predicted molar refractivity (Wildman–Crippen MR) is 85.3 cm³/mol. The van der Waals surface area contributed by atoms with Gasteiger partial charge in [0.2, 0.25) is 5.91 Å². The molecule has 122 valence electrons. The van der Waals surface area contributed by atoms with Gasteiger partial charge in [-0.3, -0.25) is 9.69 Å². The maximum atomic E-state index is 12.3. The molecule has 7 heteroatoms. The number of aromatic nitrogens is 4. The summed E-state index contributed by atoms with van der Waals surface area (Å²) in [6, 6.07) is 10.8. The Labute approximate surface area is 135 Å². The topological polar surface area (TPSA) is 67.2 Å². The minimum atomic E-state index is 0.0545. The molecular formula is C16H22N6O. The van der Waals surface area contributed by atoms with Crippen LogP contribution in [0.2, 0.25) is 0 Å². The van der Waals surface area contributed by atoms with Crippen molar-refractivity contribution in [2.24, 2.45) is 0 Å². The first-order chi connectivity index (χ1) is 11.2. The monoisotopic (exact) mass is 314 g/mol. The molecule has 1 aliphatic heterocycles. The number of tetrazole rings is 1. The average Bonchev–Trinajstić information content (AvgIpc) is 3.09. The number of carbonyl (C=O) groups excluding carboxylic acids is 1. The van der Waals surface area contributed by atoms with E-state index in [-0.39, 0.29) is 12.5 Å². The zero-order valence-electron chi connectivity index (χ0n) is 13.4. The van der Waals surface area contributed by atoms with Gasteiger partial charge >= 0.3 is 0 Å². The Morgan fingerprint density at radius 2 is 2.00 bits per heavy atom. The summed E-state index contributed by atoms with van der Waals surface area (Å²) in [5.41, 5.74) is 1.34. The quantitative estimate of drug-likeness (QED) is 0.816. The number of carbonyl (C=O) groups is 1. The van der Waals surface area contributed by atoms with Crippen molar-refractivity contribution >= 4 is 5.91 Å². The van der Waals surface area contributed by atoms with Gasteiger partial charge < -0.3 is 4.90 Å². The lowest BCUT2D eigenvalue weighted by atomic mass is 10.0. The van der Waals surface area contributed by atoms with Crippen LogP contribution in [-0.4, -0.2) is 62.1 Å². The largest absolute Gasteiger partial charge is 0.341 e. The maximum absolute atomic E-state index is 12.3. The van der Waals surface area contributed by atoms with Gasteiger partial charge in [0.05, 0.1) is 0 Å². The fourth-order valence-electron chi connectivity index (χ4n) is 3.01. The van der Waals surface area contributed by atoms with Gasteiger partial charge in [-0.05, 0) is 28.8 Å². The van der Waals surface area contributed by atoms with E-state index in [0.29, 0.717) is 6.04 Å². The van der Waals surface area contributed by atoms with Crippen LogP contribution < -0.4 is 0 Å². The van der Waals surface area contributed by atoms with E-state index in [1.807, 2.05) is 18.0 Å². The molecule has 1 saturated heterocycles. The SMILES string of the molecule is CN(C(=O)Cn1cnnn1)C1CCN(Cc2ccccc2)CC1. The van der Waals surface area contributed by atoms with E-state index in [0.717, 1.165) is 32.5 Å². The lowest BCUT2D eigenvalue weighted by Crippen LogP contribution is -2.46. The molecule has 1 amide bonds. The van der Waals surface area contributed by atoms with Gasteiger partial charge in [0.15, 0.2) is 0 Å². The Balaban J connectivity index is 1.47. The van der Waals surface area contributed by atoms with E-state index in [2.05, 4.69) is 44.7 Å². The Kier molecular flexibility index (Phi) is 4.97. The summed E-state index contributed by atoms with van der Waals surface area (Å²) >= 11 is 0. The molecule has 23 heavy (non-hydrogen) atoms. The Morgan fingerprint density at radius 1 is 1.26 bits per heavy atom. The van der Waals surface area contributed by atoms with Crippen molar-refractivity contribution in [3.8, 4) is 0 Å². The standard InChI is InChI=1S/C16H22N6O/c1-20(16(23)12-22-13-17-18-19-22)15-7-9-21(10-8-15)11-14-5-3-2-4-6-14/h2-6,13,15H,7-12H2,1H3. The number of amides is 1. The van der Waals surface area contributed by atoms with Gasteiger partial charge in [0.1, 0.15) is 12.9 Å². The lowest BCUT2D eigenvalue weighted by Gasteiger charge is -2.36. The molecule has 1 aromatic heterocycles. The predicted octanol–water partition coefficient (Wildman–Crippen LogP) is 0.796. The van der Waals surface area contributed by atoms with E-state index in [4.69, 9.17) is 0 Å². The van der Waals surface area contributed by atoms with Crippen LogP contribution in [0.3, 0.4) is 0 Å². The highest BCUT2D eigenvalue weighted by molar-refractivity contribution is 5.75. The molecule has 7 nitrogen and oxygen atoms in total. The number of likely N-dealkylation sites (N-methyl/N-ethyl adjacent to an activating group) is 1. The van der Waals surface area contributed by atoms with E-state index in [1.165, 1.54) is 16.6 Å². The summed E-state index contributed by atoms with van der Waals surface area (Å²) in [5.74, 6) is 0.0545. The summed E-state index contributed by atoms with van der Waals surface area (Å²) in [6.45, 7) is 3.22. The third-order valence-corrected chi connectivity index (χ3v) is 4.44. The molecule has 0 saturated carbocycles. The molecular weight excluding hydrogens is 292 g/mol. The first kappa shape index (κ1) is 15.6. The third-order valence-electron chi connectivity index (χ3n) is 4.44. The Hall–Kier alpha value is -2.28. The van der Waals surface area contributed by atoms with Crippen LogP contribution in [0.4, 0.5) is 0 Å². The van der Waals surface area contributed by atoms with Crippen LogP contribution in [-0.2, 0) is 17.9 Å². The second-order valence-corrected chi connectivity index (χ2v) is 6.00. The molecule has 0 spiro atoms. The van der Waals surface area contributed by atoms with Crippen molar-refractivity contribution in [1.82, 2.24) is 30.0 Å². The average molecular weight is 314 g/mol. The molecule has 0 unspecified atom stereocenters. The van der Waals surface area contributed by atoms with E-state index < -0.39 is 0 Å². The fraction of sp³-hybridized carbons (Fsp3) is 0.500. The minimum Gasteiger partial charge on any atom is -0.341 e. The highest BCUT2D eigenvalue weighted by atomic mass is 16.2. The van der Waals surface area contributed by atoms with Crippen LogP contribution >= 0.6 is 0 Å². The zero-order valence-corrected chi connectivity index (χ0v) is 13.4. The number of benzene rings is 1. The fourth-order valence-corrected chi connectivity index (χ4v) is 3.01. The van der Waals surface area contributed by atoms with Crippen molar-refractivity contribution in [3.63, 3.8) is 0 Å². The van der Waals surface area contributed by atoms with Gasteiger partial charge in [0, 0.05) is 32.7 Å². The number of hydrogen-bond donors (Lipinski definition) is 0. The second kappa shape index (κ2) is 7.32. The summed E-state index contributed by atoms with van der Waals surface area (Å²) in [6.07, 6.45) is 3.48. The highest BCUT2D eigenvalue weighted by Gasteiger charge is 2.25. The summed E-state index contributed by atoms with van der Waals surface area (Å²) in [4.78, 5) is 16.6. The van der Waals surface area contributed by atoms with E-state index in [1.54, 1.807) is 0 Å². The van der Waals surface area contributed by atoms with Gasteiger partial charge in [-0.25, -0.2) is 4.68 Å². The first-order valence-electron chi connectivity index (χ1n) is 7.95. The van der Waals surface area contributed by atoms with Crippen molar-refractivity contribution in [2.75, 3.05) is 20.1 Å². The Bertz CT molecular complexity index is 607. The number of likely N-dealkylation sites (tertiary alicyclic amines) is 1. The molecule has 0 N–H and O–H groups in total. The minimum absolute atomic E-state index is 0.0545. The maximum Gasteiger partial charge on any atom is 0.244 e. The van der Waals surface area contributed by atoms with E-state index >= 15 is 0 Å². The molecule has 3 rings (SSSR count). The molecule has 1 aliphatic rings. The van der Waals surface area contributed by atoms with E-state index in [9.17, 15) is 4.79 Å². The molecule has 0 atom stereocenters. The first-order valence-corrected chi connectivity index (χ1v) is 7.95. The molecule has 0 aliphatic carbocycles. The Morgan fingerprint density at radius 3 is 2.65 bits per heavy atom. The van der Waals surface area contributed by atoms with Gasteiger partial charge in [-0.1, -0.05) is 30.3 Å². The van der Waals surface area contributed by atoms with Crippen molar-refractivity contribution in [2.45, 2.75) is 32.0 Å². The van der Waals surface area contributed by atoms with Gasteiger partial charge in [-0.15, -0.1) is 5.10 Å². The van der Waals surface area contributed by atoms with Crippen LogP contribution in [0, 0.1) is 0 Å². The van der Waals surface area contributed by atoms with Crippen molar-refractivity contribution in [3.05, 3.63) is 42.2 Å². The molecule has 1 aromatic carbocycles. The zero-order chi connectivity index (χ0) is 16.1. The molecule has 0 bridgehead atoms. The number of piperidine rings is 1.